The van der Waals surface area contributed by atoms with Crippen molar-refractivity contribution in [3.63, 3.8) is 0 Å². The molecule has 0 saturated carbocycles. The number of rotatable bonds is 9. The van der Waals surface area contributed by atoms with Crippen LogP contribution in [-0.4, -0.2) is 37.8 Å². The maximum absolute atomic E-state index is 12.7. The van der Waals surface area contributed by atoms with Crippen molar-refractivity contribution in [3.05, 3.63) is 52.5 Å². The molecule has 3 rings (SSSR count). The van der Waals surface area contributed by atoms with Crippen molar-refractivity contribution in [2.45, 2.75) is 45.8 Å². The van der Waals surface area contributed by atoms with E-state index in [-0.39, 0.29) is 22.5 Å². The van der Waals surface area contributed by atoms with E-state index in [0.717, 1.165) is 17.7 Å². The molecule has 2 aromatic rings. The van der Waals surface area contributed by atoms with Crippen LogP contribution in [0.5, 0.6) is 17.2 Å². The lowest BCUT2D eigenvalue weighted by atomic mass is 10.0. The number of benzene rings is 2. The molecule has 0 radical (unpaired) electrons. The lowest BCUT2D eigenvalue weighted by Crippen LogP contribution is -2.39. The second kappa shape index (κ2) is 11.1. The van der Waals surface area contributed by atoms with Gasteiger partial charge in [0.2, 0.25) is 0 Å². The number of hydrogen-bond donors (Lipinski definition) is 1. The number of carbonyl (C=O) groups excluding carboxylic acids is 2. The summed E-state index contributed by atoms with van der Waals surface area (Å²) in [6.07, 6.45) is 0.439. The van der Waals surface area contributed by atoms with Gasteiger partial charge in [0.05, 0.1) is 36.4 Å². The van der Waals surface area contributed by atoms with E-state index in [2.05, 4.69) is 5.32 Å². The van der Waals surface area contributed by atoms with Crippen LogP contribution in [0.2, 0.25) is 5.02 Å². The van der Waals surface area contributed by atoms with Gasteiger partial charge in [-0.3, -0.25) is 4.79 Å². The van der Waals surface area contributed by atoms with Gasteiger partial charge in [0.15, 0.2) is 17.6 Å². The van der Waals surface area contributed by atoms with Crippen molar-refractivity contribution in [1.82, 2.24) is 5.32 Å². The van der Waals surface area contributed by atoms with Crippen LogP contribution in [0.3, 0.4) is 0 Å². The monoisotopic (exact) mass is 461 g/mol. The summed E-state index contributed by atoms with van der Waals surface area (Å²) < 4.78 is 22.3. The average molecular weight is 462 g/mol. The Hall–Kier alpha value is -2.93. The lowest BCUT2D eigenvalue weighted by Gasteiger charge is -2.27. The van der Waals surface area contributed by atoms with Crippen LogP contribution in [0.25, 0.3) is 0 Å². The van der Waals surface area contributed by atoms with E-state index in [4.69, 9.17) is 30.5 Å². The van der Waals surface area contributed by atoms with Gasteiger partial charge < -0.3 is 24.3 Å². The van der Waals surface area contributed by atoms with Gasteiger partial charge in [0, 0.05) is 12.0 Å². The van der Waals surface area contributed by atoms with Gasteiger partial charge in [-0.15, -0.1) is 0 Å². The molecule has 1 N–H and O–H groups in total. The highest BCUT2D eigenvalue weighted by Gasteiger charge is 2.27. The Morgan fingerprint density at radius 2 is 2.00 bits per heavy atom. The molecule has 1 amide bonds. The zero-order valence-electron chi connectivity index (χ0n) is 18.5. The van der Waals surface area contributed by atoms with Gasteiger partial charge in [-0.25, -0.2) is 4.79 Å². The van der Waals surface area contributed by atoms with Gasteiger partial charge in [0.1, 0.15) is 5.75 Å². The first-order chi connectivity index (χ1) is 15.4. The first kappa shape index (κ1) is 23.7. The molecule has 172 valence electrons. The molecule has 2 unspecified atom stereocenters. The molecule has 1 heterocycles. The normalized spacial score (nSPS) is 15.7. The number of carbonyl (C=O) groups is 2. The Balaban J connectivity index is 1.68. The van der Waals surface area contributed by atoms with Crippen LogP contribution in [0.15, 0.2) is 36.4 Å². The maximum atomic E-state index is 12.7. The van der Waals surface area contributed by atoms with Gasteiger partial charge in [-0.2, -0.15) is 0 Å². The van der Waals surface area contributed by atoms with Gasteiger partial charge in [-0.05, 0) is 38.5 Å². The van der Waals surface area contributed by atoms with Gasteiger partial charge >= 0.3 is 5.97 Å². The van der Waals surface area contributed by atoms with Crippen LogP contribution >= 0.6 is 11.6 Å². The molecule has 0 saturated heterocycles. The van der Waals surface area contributed by atoms with E-state index in [1.54, 1.807) is 0 Å². The van der Waals surface area contributed by atoms with Crippen LogP contribution in [0, 0.1) is 0 Å². The van der Waals surface area contributed by atoms with Crippen molar-refractivity contribution < 1.29 is 28.5 Å². The minimum absolute atomic E-state index is 0.179. The van der Waals surface area contributed by atoms with E-state index in [9.17, 15) is 9.59 Å². The first-order valence-electron chi connectivity index (χ1n) is 10.8. The van der Waals surface area contributed by atoms with Crippen molar-refractivity contribution >= 4 is 23.5 Å². The molecule has 0 aromatic heterocycles. The number of hydrogen-bond acceptors (Lipinski definition) is 6. The summed E-state index contributed by atoms with van der Waals surface area (Å²) in [5, 5.41) is 3.18. The molecule has 1 aliphatic rings. The van der Waals surface area contributed by atoms with Crippen LogP contribution in [0.1, 0.15) is 55.6 Å². The second-order valence-corrected chi connectivity index (χ2v) is 7.76. The Labute approximate surface area is 192 Å². The van der Waals surface area contributed by atoms with E-state index in [1.165, 1.54) is 19.1 Å². The molecule has 32 heavy (non-hydrogen) atoms. The Morgan fingerprint density at radius 1 is 1.22 bits per heavy atom. The Kier molecular flexibility index (Phi) is 8.22. The molecule has 2 atom stereocenters. The predicted molar refractivity (Wildman–Crippen MR) is 121 cm³/mol. The highest BCUT2D eigenvalue weighted by molar-refractivity contribution is 6.32. The van der Waals surface area contributed by atoms with Crippen molar-refractivity contribution in [2.75, 3.05) is 19.8 Å². The molecule has 2 aromatic carbocycles. The zero-order chi connectivity index (χ0) is 23.1. The molecule has 0 fully saturated rings. The van der Waals surface area contributed by atoms with E-state index < -0.39 is 12.1 Å². The predicted octanol–water partition coefficient (Wildman–Crippen LogP) is 4.71. The molecular formula is C24H28ClNO6. The second-order valence-electron chi connectivity index (χ2n) is 7.35. The number of ether oxygens (including phenoxy) is 4. The summed E-state index contributed by atoms with van der Waals surface area (Å²) in [6.45, 7) is 6.68. The highest BCUT2D eigenvalue weighted by atomic mass is 35.5. The van der Waals surface area contributed by atoms with Gasteiger partial charge in [-0.1, -0.05) is 36.7 Å². The van der Waals surface area contributed by atoms with E-state index in [0.29, 0.717) is 37.7 Å². The fourth-order valence-electron chi connectivity index (χ4n) is 3.36. The fourth-order valence-corrected chi connectivity index (χ4v) is 3.62. The number of para-hydroxylation sites is 1. The number of halogens is 1. The molecule has 8 heteroatoms. The molecule has 7 nitrogen and oxygen atoms in total. The van der Waals surface area contributed by atoms with Crippen LogP contribution in [-0.2, 0) is 9.53 Å². The zero-order valence-corrected chi connectivity index (χ0v) is 19.2. The average Bonchev–Trinajstić information content (AvgIpc) is 2.78. The Bertz CT molecular complexity index is 964. The smallest absolute Gasteiger partial charge is 0.339 e. The maximum Gasteiger partial charge on any atom is 0.339 e. The van der Waals surface area contributed by atoms with Crippen molar-refractivity contribution in [2.24, 2.45) is 0 Å². The summed E-state index contributed by atoms with van der Waals surface area (Å²) in [4.78, 5) is 25.4. The summed E-state index contributed by atoms with van der Waals surface area (Å²) in [7, 11) is 0. The van der Waals surface area contributed by atoms with Crippen LogP contribution in [0.4, 0.5) is 0 Å². The molecule has 0 aliphatic carbocycles. The third kappa shape index (κ3) is 5.65. The number of nitrogens with one attached hydrogen (secondary N) is 1. The first-order valence-corrected chi connectivity index (χ1v) is 11.1. The Morgan fingerprint density at radius 3 is 2.75 bits per heavy atom. The third-order valence-electron chi connectivity index (χ3n) is 4.92. The minimum atomic E-state index is -0.997. The van der Waals surface area contributed by atoms with Crippen molar-refractivity contribution in [3.8, 4) is 17.2 Å². The minimum Gasteiger partial charge on any atom is -0.493 e. The summed E-state index contributed by atoms with van der Waals surface area (Å²) >= 11 is 6.32. The highest BCUT2D eigenvalue weighted by Crippen LogP contribution is 2.37. The third-order valence-corrected chi connectivity index (χ3v) is 5.20. The van der Waals surface area contributed by atoms with E-state index >= 15 is 0 Å². The largest absolute Gasteiger partial charge is 0.493 e. The SMILES string of the molecule is CCCOc1c(Cl)cc(C(=O)OC(C)C(=O)NC2CCOc3ccccc32)cc1OCC. The molecule has 0 spiro atoms. The molecule has 0 bridgehead atoms. The molecular weight excluding hydrogens is 434 g/mol. The quantitative estimate of drug-likeness (QED) is 0.544. The summed E-state index contributed by atoms with van der Waals surface area (Å²) in [5.74, 6) is 0.424. The van der Waals surface area contributed by atoms with Crippen molar-refractivity contribution in [1.29, 1.82) is 0 Å². The summed E-state index contributed by atoms with van der Waals surface area (Å²) in [5.41, 5.74) is 1.08. The number of amides is 1. The number of fused-ring (bicyclic) bond motifs is 1. The summed E-state index contributed by atoms with van der Waals surface area (Å²) in [6, 6.07) is 10.3. The standard InChI is InChI=1S/C24H28ClNO6/c1-4-11-31-22-18(25)13-16(14-21(22)29-5-2)24(28)32-15(3)23(27)26-19-10-12-30-20-9-7-6-8-17(19)20/h6-9,13-15,19H,4-5,10-12H2,1-3H3,(H,26,27). The number of esters is 1. The fraction of sp³-hybridized carbons (Fsp3) is 0.417. The van der Waals surface area contributed by atoms with Gasteiger partial charge in [0.25, 0.3) is 5.91 Å². The lowest BCUT2D eigenvalue weighted by molar-refractivity contribution is -0.130. The molecule has 1 aliphatic heterocycles. The topological polar surface area (TPSA) is 83.1 Å². The van der Waals surface area contributed by atoms with Crippen LogP contribution < -0.4 is 19.5 Å². The van der Waals surface area contributed by atoms with E-state index in [1.807, 2.05) is 38.1 Å².